The van der Waals surface area contributed by atoms with Gasteiger partial charge < -0.3 is 19.9 Å². The molecule has 4 rings (SSSR count). The number of hydrogen-bond donors (Lipinski definition) is 2. The largest absolute Gasteiger partial charge is 0.480 e. The van der Waals surface area contributed by atoms with Crippen LogP contribution in [0.3, 0.4) is 0 Å². The van der Waals surface area contributed by atoms with Crippen LogP contribution in [0.5, 0.6) is 0 Å². The van der Waals surface area contributed by atoms with Gasteiger partial charge in [0.05, 0.1) is 13.2 Å². The van der Waals surface area contributed by atoms with Crippen LogP contribution in [0.1, 0.15) is 17.0 Å². The van der Waals surface area contributed by atoms with E-state index in [1.54, 1.807) is 0 Å². The Kier molecular flexibility index (Phi) is 4.34. The molecule has 1 heterocycles. The molecular weight excluding hydrogens is 334 g/mol. The number of carboxylic acid groups (broad SMARTS) is 1. The van der Waals surface area contributed by atoms with Crippen LogP contribution in [0.2, 0.25) is 0 Å². The molecule has 0 bridgehead atoms. The number of carboxylic acids is 1. The van der Waals surface area contributed by atoms with Crippen molar-refractivity contribution in [3.05, 3.63) is 59.7 Å². The second-order valence-electron chi connectivity index (χ2n) is 6.58. The van der Waals surface area contributed by atoms with Crippen molar-refractivity contribution < 1.29 is 24.2 Å². The van der Waals surface area contributed by atoms with Gasteiger partial charge in [-0.25, -0.2) is 9.59 Å². The van der Waals surface area contributed by atoms with Gasteiger partial charge in [-0.05, 0) is 22.3 Å². The zero-order valence-corrected chi connectivity index (χ0v) is 14.1. The molecule has 0 radical (unpaired) electrons. The van der Waals surface area contributed by atoms with Crippen LogP contribution < -0.4 is 5.32 Å². The predicted octanol–water partition coefficient (Wildman–Crippen LogP) is 2.62. The van der Waals surface area contributed by atoms with Crippen molar-refractivity contribution in [1.82, 2.24) is 5.32 Å². The third kappa shape index (κ3) is 2.93. The molecule has 2 aromatic carbocycles. The molecule has 26 heavy (non-hydrogen) atoms. The third-order valence-corrected chi connectivity index (χ3v) is 5.02. The lowest BCUT2D eigenvalue weighted by atomic mass is 9.98. The first-order chi connectivity index (χ1) is 12.6. The minimum atomic E-state index is -1.08. The maximum atomic E-state index is 12.1. The molecule has 0 saturated carbocycles. The van der Waals surface area contributed by atoms with Crippen molar-refractivity contribution in [3.63, 3.8) is 0 Å². The normalized spacial score (nSPS) is 16.9. The molecule has 0 aromatic heterocycles. The van der Waals surface area contributed by atoms with Gasteiger partial charge in [0.15, 0.2) is 0 Å². The summed E-state index contributed by atoms with van der Waals surface area (Å²) in [6.45, 7) is 0.828. The van der Waals surface area contributed by atoms with Gasteiger partial charge in [0.1, 0.15) is 12.6 Å². The van der Waals surface area contributed by atoms with Gasteiger partial charge in [-0.15, -0.1) is 0 Å². The molecule has 0 unspecified atom stereocenters. The molecule has 2 aliphatic rings. The highest BCUT2D eigenvalue weighted by Gasteiger charge is 2.36. The monoisotopic (exact) mass is 353 g/mol. The highest BCUT2D eigenvalue weighted by Crippen LogP contribution is 2.44. The smallest absolute Gasteiger partial charge is 0.407 e. The Labute approximate surface area is 150 Å². The number of nitrogens with one attached hydrogen (secondary N) is 1. The van der Waals surface area contributed by atoms with Gasteiger partial charge in [0.2, 0.25) is 0 Å². The first-order valence-electron chi connectivity index (χ1n) is 8.57. The summed E-state index contributed by atoms with van der Waals surface area (Å²) in [7, 11) is 0. The van der Waals surface area contributed by atoms with Crippen LogP contribution in [-0.4, -0.2) is 43.0 Å². The summed E-state index contributed by atoms with van der Waals surface area (Å²) in [6.07, 6.45) is -0.717. The summed E-state index contributed by atoms with van der Waals surface area (Å²) in [5, 5.41) is 11.7. The number of benzene rings is 2. The number of ether oxygens (including phenoxy) is 2. The molecule has 6 nitrogen and oxygen atoms in total. The molecule has 6 heteroatoms. The van der Waals surface area contributed by atoms with Gasteiger partial charge in [-0.3, -0.25) is 0 Å². The number of carbonyl (C=O) groups is 2. The fourth-order valence-corrected chi connectivity index (χ4v) is 3.59. The molecule has 1 saturated heterocycles. The highest BCUT2D eigenvalue weighted by atomic mass is 16.5. The third-order valence-electron chi connectivity index (χ3n) is 5.02. The maximum Gasteiger partial charge on any atom is 0.407 e. The van der Waals surface area contributed by atoms with E-state index in [0.717, 1.165) is 22.3 Å². The molecule has 1 fully saturated rings. The number of aliphatic carboxylic acids is 1. The summed E-state index contributed by atoms with van der Waals surface area (Å²) in [6, 6.07) is 15.1. The lowest BCUT2D eigenvalue weighted by molar-refractivity contribution is -0.147. The van der Waals surface area contributed by atoms with Crippen LogP contribution >= 0.6 is 0 Å². The van der Waals surface area contributed by atoms with Crippen LogP contribution in [0, 0.1) is 5.92 Å². The summed E-state index contributed by atoms with van der Waals surface area (Å²) in [5.74, 6) is -1.34. The second kappa shape index (κ2) is 6.80. The predicted molar refractivity (Wildman–Crippen MR) is 93.9 cm³/mol. The van der Waals surface area contributed by atoms with Gasteiger partial charge in [0, 0.05) is 11.8 Å². The Hall–Kier alpha value is -2.86. The fraction of sp³-hybridized carbons (Fsp3) is 0.300. The van der Waals surface area contributed by atoms with E-state index >= 15 is 0 Å². The number of fused-ring (bicyclic) bond motifs is 3. The minimum absolute atomic E-state index is 0.0523. The molecule has 2 aromatic rings. The number of rotatable bonds is 5. The van der Waals surface area contributed by atoms with Crippen molar-refractivity contribution in [2.45, 2.75) is 12.0 Å². The molecule has 2 N–H and O–H groups in total. The molecule has 1 aliphatic heterocycles. The van der Waals surface area contributed by atoms with Crippen LogP contribution in [0.15, 0.2) is 48.5 Å². The van der Waals surface area contributed by atoms with E-state index in [4.69, 9.17) is 9.47 Å². The molecule has 0 spiro atoms. The fourth-order valence-electron chi connectivity index (χ4n) is 3.59. The lowest BCUT2D eigenvalue weighted by Crippen LogP contribution is -2.52. The number of carbonyl (C=O) groups excluding carboxylic acids is 1. The topological polar surface area (TPSA) is 84.9 Å². The lowest BCUT2D eigenvalue weighted by Gasteiger charge is -2.31. The SMILES string of the molecule is O=C(N[C@H](C(=O)O)C1COC1)OCC1c2ccccc2-c2ccccc21. The molecular formula is C20H19NO5. The highest BCUT2D eigenvalue weighted by molar-refractivity contribution is 5.81. The van der Waals surface area contributed by atoms with Crippen LogP contribution in [-0.2, 0) is 14.3 Å². The Balaban J connectivity index is 1.46. The van der Waals surface area contributed by atoms with E-state index in [2.05, 4.69) is 17.4 Å². The Bertz CT molecular complexity index is 800. The van der Waals surface area contributed by atoms with Crippen LogP contribution in [0.25, 0.3) is 11.1 Å². The zero-order valence-electron chi connectivity index (χ0n) is 14.1. The summed E-state index contributed by atoms with van der Waals surface area (Å²) >= 11 is 0. The first-order valence-corrected chi connectivity index (χ1v) is 8.57. The van der Waals surface area contributed by atoms with E-state index in [-0.39, 0.29) is 18.4 Å². The van der Waals surface area contributed by atoms with E-state index in [1.165, 1.54) is 0 Å². The zero-order chi connectivity index (χ0) is 18.1. The minimum Gasteiger partial charge on any atom is -0.480 e. The number of alkyl carbamates (subject to hydrolysis) is 1. The van der Waals surface area contributed by atoms with Gasteiger partial charge in [-0.2, -0.15) is 0 Å². The maximum absolute atomic E-state index is 12.1. The molecule has 1 aliphatic carbocycles. The average molecular weight is 353 g/mol. The molecule has 1 amide bonds. The van der Waals surface area contributed by atoms with E-state index in [9.17, 15) is 14.7 Å². The van der Waals surface area contributed by atoms with Crippen molar-refractivity contribution in [1.29, 1.82) is 0 Å². The van der Waals surface area contributed by atoms with E-state index in [1.807, 2.05) is 36.4 Å². The van der Waals surface area contributed by atoms with Crippen molar-refractivity contribution >= 4 is 12.1 Å². The summed E-state index contributed by atoms with van der Waals surface area (Å²) in [5.41, 5.74) is 4.52. The number of hydrogen-bond acceptors (Lipinski definition) is 4. The average Bonchev–Trinajstić information content (AvgIpc) is 2.92. The molecule has 134 valence electrons. The Morgan fingerprint density at radius 2 is 1.65 bits per heavy atom. The van der Waals surface area contributed by atoms with Gasteiger partial charge in [0.25, 0.3) is 0 Å². The number of amides is 1. The molecule has 1 atom stereocenters. The Morgan fingerprint density at radius 1 is 1.08 bits per heavy atom. The summed E-state index contributed by atoms with van der Waals surface area (Å²) in [4.78, 5) is 23.5. The van der Waals surface area contributed by atoms with Crippen LogP contribution in [0.4, 0.5) is 4.79 Å². The van der Waals surface area contributed by atoms with Gasteiger partial charge in [-0.1, -0.05) is 48.5 Å². The Morgan fingerprint density at radius 3 is 2.15 bits per heavy atom. The summed E-state index contributed by atoms with van der Waals surface area (Å²) < 4.78 is 10.4. The van der Waals surface area contributed by atoms with E-state index < -0.39 is 18.1 Å². The second-order valence-corrected chi connectivity index (χ2v) is 6.58. The van der Waals surface area contributed by atoms with Gasteiger partial charge >= 0.3 is 12.1 Å². The van der Waals surface area contributed by atoms with Crippen molar-refractivity contribution in [2.24, 2.45) is 5.92 Å². The van der Waals surface area contributed by atoms with Crippen molar-refractivity contribution in [2.75, 3.05) is 19.8 Å². The van der Waals surface area contributed by atoms with E-state index in [0.29, 0.717) is 13.2 Å². The van der Waals surface area contributed by atoms with Crippen molar-refractivity contribution in [3.8, 4) is 11.1 Å². The first kappa shape index (κ1) is 16.6. The standard InChI is InChI=1S/C20H19NO5/c22-19(23)18(12-9-25-10-12)21-20(24)26-11-17-15-7-3-1-5-13(15)14-6-2-4-8-16(14)17/h1-8,12,17-18H,9-11H2,(H,21,24)(H,22,23)/t18-/m0/s1. The quantitative estimate of drug-likeness (QED) is 0.863.